The molecule has 0 fully saturated rings. The third-order valence-corrected chi connectivity index (χ3v) is 3.28. The molecule has 0 radical (unpaired) electrons. The smallest absolute Gasteiger partial charge is 0.0473 e. The van der Waals surface area contributed by atoms with Crippen LogP contribution in [0.4, 0.5) is 0 Å². The third-order valence-electron chi connectivity index (χ3n) is 3.28. The largest absolute Gasteiger partial charge is 0.329 e. The van der Waals surface area contributed by atoms with Crippen LogP contribution in [-0.4, -0.2) is 24.0 Å². The second-order valence-corrected chi connectivity index (χ2v) is 5.10. The number of nitrogens with zero attached hydrogens (tertiary/aromatic N) is 1. The molecule has 1 atom stereocenters. The number of likely N-dealkylation sites (N-methyl/N-ethyl adjacent to an activating group) is 1. The highest BCUT2D eigenvalue weighted by molar-refractivity contribution is 5.31. The molecule has 1 aromatic rings. The number of hydrogen-bond acceptors (Lipinski definition) is 2. The highest BCUT2D eigenvalue weighted by Crippen LogP contribution is 2.23. The van der Waals surface area contributed by atoms with E-state index in [-0.39, 0.29) is 0 Å². The fourth-order valence-electron chi connectivity index (χ4n) is 2.61. The zero-order valence-corrected chi connectivity index (χ0v) is 11.8. The topological polar surface area (TPSA) is 29.3 Å². The Labute approximate surface area is 106 Å². The van der Waals surface area contributed by atoms with Crippen LogP contribution in [0.1, 0.15) is 43.5 Å². The first-order valence-corrected chi connectivity index (χ1v) is 6.53. The molecule has 0 saturated heterocycles. The van der Waals surface area contributed by atoms with Crippen molar-refractivity contribution in [3.05, 3.63) is 34.9 Å². The SMILES string of the molecule is CCN(C(C)C)C(CN)c1cc(C)cc(C)c1. The molecule has 2 heteroatoms. The number of aryl methyl sites for hydroxylation is 2. The molecule has 2 N–H and O–H groups in total. The van der Waals surface area contributed by atoms with Gasteiger partial charge < -0.3 is 5.73 Å². The van der Waals surface area contributed by atoms with Gasteiger partial charge in [0.2, 0.25) is 0 Å². The molecule has 1 rings (SSSR count). The first-order chi connectivity index (χ1) is 7.99. The fourth-order valence-corrected chi connectivity index (χ4v) is 2.61. The minimum absolute atomic E-state index is 0.332. The maximum absolute atomic E-state index is 5.98. The van der Waals surface area contributed by atoms with Gasteiger partial charge in [-0.1, -0.05) is 36.2 Å². The molecular weight excluding hydrogens is 208 g/mol. The lowest BCUT2D eigenvalue weighted by Gasteiger charge is -2.34. The molecule has 0 bridgehead atoms. The van der Waals surface area contributed by atoms with Crippen LogP contribution in [0.3, 0.4) is 0 Å². The van der Waals surface area contributed by atoms with E-state index in [2.05, 4.69) is 57.7 Å². The van der Waals surface area contributed by atoms with Gasteiger partial charge in [-0.2, -0.15) is 0 Å². The van der Waals surface area contributed by atoms with Gasteiger partial charge in [-0.25, -0.2) is 0 Å². The summed E-state index contributed by atoms with van der Waals surface area (Å²) in [6.07, 6.45) is 0. The Balaban J connectivity index is 3.07. The summed E-state index contributed by atoms with van der Waals surface area (Å²) in [4.78, 5) is 2.45. The van der Waals surface area contributed by atoms with Crippen molar-refractivity contribution in [2.45, 2.75) is 46.7 Å². The summed E-state index contributed by atoms with van der Waals surface area (Å²) in [6, 6.07) is 7.58. The Kier molecular flexibility index (Phi) is 5.16. The van der Waals surface area contributed by atoms with E-state index in [1.807, 2.05) is 0 Å². The molecule has 0 aliphatic carbocycles. The average Bonchev–Trinajstić information content (AvgIpc) is 2.23. The predicted molar refractivity (Wildman–Crippen MR) is 75.2 cm³/mol. The zero-order valence-electron chi connectivity index (χ0n) is 11.8. The molecule has 0 amide bonds. The Morgan fingerprint density at radius 1 is 1.12 bits per heavy atom. The van der Waals surface area contributed by atoms with Gasteiger partial charge in [0.15, 0.2) is 0 Å². The van der Waals surface area contributed by atoms with Crippen molar-refractivity contribution in [1.82, 2.24) is 4.90 Å². The van der Waals surface area contributed by atoms with Crippen molar-refractivity contribution in [2.24, 2.45) is 5.73 Å². The summed E-state index contributed by atoms with van der Waals surface area (Å²) < 4.78 is 0. The first-order valence-electron chi connectivity index (χ1n) is 6.53. The molecule has 96 valence electrons. The Morgan fingerprint density at radius 2 is 1.65 bits per heavy atom. The first kappa shape index (κ1) is 14.2. The van der Waals surface area contributed by atoms with Gasteiger partial charge in [0, 0.05) is 18.6 Å². The van der Waals surface area contributed by atoms with Crippen LogP contribution in [-0.2, 0) is 0 Å². The minimum atomic E-state index is 0.332. The van der Waals surface area contributed by atoms with Crippen molar-refractivity contribution in [2.75, 3.05) is 13.1 Å². The maximum Gasteiger partial charge on any atom is 0.0473 e. The predicted octanol–water partition coefficient (Wildman–Crippen LogP) is 3.03. The Hall–Kier alpha value is -0.860. The average molecular weight is 234 g/mol. The Bertz CT molecular complexity index is 338. The van der Waals surface area contributed by atoms with Crippen molar-refractivity contribution < 1.29 is 0 Å². The van der Waals surface area contributed by atoms with E-state index in [1.54, 1.807) is 0 Å². The molecule has 0 aromatic heterocycles. The second kappa shape index (κ2) is 6.18. The van der Waals surface area contributed by atoms with Gasteiger partial charge in [-0.15, -0.1) is 0 Å². The van der Waals surface area contributed by atoms with E-state index in [0.29, 0.717) is 18.6 Å². The molecule has 1 aromatic carbocycles. The quantitative estimate of drug-likeness (QED) is 0.848. The summed E-state index contributed by atoms with van der Waals surface area (Å²) in [5, 5.41) is 0. The molecule has 0 aliphatic heterocycles. The van der Waals surface area contributed by atoms with Gasteiger partial charge in [0.05, 0.1) is 0 Å². The summed E-state index contributed by atoms with van der Waals surface area (Å²) in [5.41, 5.74) is 9.96. The number of nitrogens with two attached hydrogens (primary N) is 1. The number of hydrogen-bond donors (Lipinski definition) is 1. The van der Waals surface area contributed by atoms with Crippen molar-refractivity contribution in [1.29, 1.82) is 0 Å². The molecule has 17 heavy (non-hydrogen) atoms. The lowest BCUT2D eigenvalue weighted by atomic mass is 9.99. The van der Waals surface area contributed by atoms with E-state index in [0.717, 1.165) is 6.54 Å². The second-order valence-electron chi connectivity index (χ2n) is 5.10. The van der Waals surface area contributed by atoms with Crippen molar-refractivity contribution in [3.63, 3.8) is 0 Å². The van der Waals surface area contributed by atoms with E-state index in [1.165, 1.54) is 16.7 Å². The van der Waals surface area contributed by atoms with Gasteiger partial charge in [-0.3, -0.25) is 4.90 Å². The molecule has 0 heterocycles. The fraction of sp³-hybridized carbons (Fsp3) is 0.600. The molecule has 0 spiro atoms. The van der Waals surface area contributed by atoms with E-state index in [4.69, 9.17) is 5.73 Å². The Morgan fingerprint density at radius 3 is 2.00 bits per heavy atom. The molecule has 2 nitrogen and oxygen atoms in total. The summed E-state index contributed by atoms with van der Waals surface area (Å²) in [5.74, 6) is 0. The summed E-state index contributed by atoms with van der Waals surface area (Å²) >= 11 is 0. The van der Waals surface area contributed by atoms with Gasteiger partial charge >= 0.3 is 0 Å². The monoisotopic (exact) mass is 234 g/mol. The number of rotatable bonds is 5. The number of benzene rings is 1. The zero-order chi connectivity index (χ0) is 13.0. The lowest BCUT2D eigenvalue weighted by molar-refractivity contribution is 0.166. The van der Waals surface area contributed by atoms with Crippen LogP contribution in [0.5, 0.6) is 0 Å². The van der Waals surface area contributed by atoms with Crippen LogP contribution in [0.15, 0.2) is 18.2 Å². The molecule has 0 aliphatic rings. The van der Waals surface area contributed by atoms with Gasteiger partial charge in [0.1, 0.15) is 0 Å². The summed E-state index contributed by atoms with van der Waals surface area (Å²) in [6.45, 7) is 12.7. The van der Waals surface area contributed by atoms with Crippen LogP contribution >= 0.6 is 0 Å². The molecule has 0 saturated carbocycles. The van der Waals surface area contributed by atoms with Crippen LogP contribution in [0, 0.1) is 13.8 Å². The molecule has 1 unspecified atom stereocenters. The highest BCUT2D eigenvalue weighted by Gasteiger charge is 2.20. The van der Waals surface area contributed by atoms with Crippen molar-refractivity contribution >= 4 is 0 Å². The van der Waals surface area contributed by atoms with Crippen LogP contribution < -0.4 is 5.73 Å². The normalized spacial score (nSPS) is 13.4. The van der Waals surface area contributed by atoms with E-state index < -0.39 is 0 Å². The maximum atomic E-state index is 5.98. The van der Waals surface area contributed by atoms with E-state index >= 15 is 0 Å². The van der Waals surface area contributed by atoms with Gasteiger partial charge in [-0.05, 0) is 39.8 Å². The molecular formula is C15H26N2. The van der Waals surface area contributed by atoms with Crippen molar-refractivity contribution in [3.8, 4) is 0 Å². The van der Waals surface area contributed by atoms with Crippen LogP contribution in [0.2, 0.25) is 0 Å². The van der Waals surface area contributed by atoms with Crippen LogP contribution in [0.25, 0.3) is 0 Å². The van der Waals surface area contributed by atoms with Gasteiger partial charge in [0.25, 0.3) is 0 Å². The lowest BCUT2D eigenvalue weighted by Crippen LogP contribution is -2.38. The third kappa shape index (κ3) is 3.55. The standard InChI is InChI=1S/C15H26N2/c1-6-17(11(2)3)15(10-16)14-8-12(4)7-13(5)9-14/h7-9,11,15H,6,10,16H2,1-5H3. The summed E-state index contributed by atoms with van der Waals surface area (Å²) in [7, 11) is 0. The highest BCUT2D eigenvalue weighted by atomic mass is 15.2. The minimum Gasteiger partial charge on any atom is -0.329 e. The van der Waals surface area contributed by atoms with E-state index in [9.17, 15) is 0 Å².